The summed E-state index contributed by atoms with van der Waals surface area (Å²) in [6.07, 6.45) is -0.234. The van der Waals surface area contributed by atoms with Crippen LogP contribution in [0.15, 0.2) is 18.2 Å². The Morgan fingerprint density at radius 2 is 2.08 bits per heavy atom. The van der Waals surface area contributed by atoms with Crippen molar-refractivity contribution in [2.24, 2.45) is 11.7 Å². The molecule has 0 aliphatic heterocycles. The Balaban J connectivity index is 2.43. The van der Waals surface area contributed by atoms with E-state index in [0.717, 1.165) is 0 Å². The molecule has 0 saturated carbocycles. The van der Waals surface area contributed by atoms with Gasteiger partial charge in [0.15, 0.2) is 0 Å². The van der Waals surface area contributed by atoms with Crippen molar-refractivity contribution in [1.82, 2.24) is 4.98 Å². The number of hydrogen-bond acceptors (Lipinski definition) is 6. The van der Waals surface area contributed by atoms with E-state index in [2.05, 4.69) is 4.98 Å². The fourth-order valence-corrected chi connectivity index (χ4v) is 2.42. The Kier molecular flexibility index (Phi) is 6.23. The largest absolute Gasteiger partial charge is 0.513 e. The second-order valence-electron chi connectivity index (χ2n) is 5.69. The summed E-state index contributed by atoms with van der Waals surface area (Å²) in [6, 6.07) is 5.11. The zero-order chi connectivity index (χ0) is 17.7. The molecule has 6 nitrogen and oxygen atoms in total. The van der Waals surface area contributed by atoms with Gasteiger partial charge >= 0.3 is 6.16 Å². The maximum atomic E-state index is 11.9. The van der Waals surface area contributed by atoms with Gasteiger partial charge in [0, 0.05) is 23.6 Å². The highest BCUT2D eigenvalue weighted by atomic mass is 35.5. The van der Waals surface area contributed by atoms with Gasteiger partial charge in [0.05, 0.1) is 19.2 Å². The number of hydrogen-bond donors (Lipinski definition) is 1. The fraction of sp³-hybridized carbons (Fsp3) is 0.412. The van der Waals surface area contributed by atoms with Crippen LogP contribution >= 0.6 is 11.6 Å². The molecule has 0 atom stereocenters. The number of halogens is 1. The molecule has 0 bridgehead atoms. The summed E-state index contributed by atoms with van der Waals surface area (Å²) in [6.45, 7) is 4.59. The number of carbonyl (C=O) groups is 1. The van der Waals surface area contributed by atoms with Crippen LogP contribution in [0, 0.1) is 5.92 Å². The van der Waals surface area contributed by atoms with Crippen molar-refractivity contribution in [1.29, 1.82) is 0 Å². The third kappa shape index (κ3) is 4.27. The summed E-state index contributed by atoms with van der Waals surface area (Å²) < 4.78 is 15.6. The summed E-state index contributed by atoms with van der Waals surface area (Å²) in [5, 5.41) is 0.956. The normalized spacial score (nSPS) is 10.9. The maximum absolute atomic E-state index is 11.9. The number of rotatable bonds is 6. The second-order valence-corrected chi connectivity index (χ2v) is 6.06. The summed E-state index contributed by atoms with van der Waals surface area (Å²) in [5.41, 5.74) is 6.77. The average molecular weight is 353 g/mol. The van der Waals surface area contributed by atoms with Crippen molar-refractivity contribution < 1.29 is 19.0 Å². The summed E-state index contributed by atoms with van der Waals surface area (Å²) >= 11 is 6.33. The lowest BCUT2D eigenvalue weighted by molar-refractivity contribution is 0.0890. The minimum Gasteiger partial charge on any atom is -0.495 e. The van der Waals surface area contributed by atoms with Gasteiger partial charge < -0.3 is 19.9 Å². The van der Waals surface area contributed by atoms with E-state index in [4.69, 9.17) is 31.5 Å². The number of benzene rings is 1. The molecule has 0 aliphatic rings. The van der Waals surface area contributed by atoms with Crippen LogP contribution in [0.5, 0.6) is 11.5 Å². The lowest BCUT2D eigenvalue weighted by Crippen LogP contribution is -2.15. The van der Waals surface area contributed by atoms with Crippen molar-refractivity contribution in [2.75, 3.05) is 20.3 Å². The lowest BCUT2D eigenvalue weighted by Gasteiger charge is -2.13. The molecule has 1 aromatic heterocycles. The first kappa shape index (κ1) is 18.3. The molecule has 0 spiro atoms. The number of methoxy groups -OCH3 is 1. The second kappa shape index (κ2) is 8.17. The smallest absolute Gasteiger partial charge is 0.495 e. The molecule has 0 saturated heterocycles. The molecule has 1 aromatic carbocycles. The molecule has 0 radical (unpaired) electrons. The van der Waals surface area contributed by atoms with E-state index in [0.29, 0.717) is 46.1 Å². The summed E-state index contributed by atoms with van der Waals surface area (Å²) in [5.74, 6) is 1.05. The Morgan fingerprint density at radius 1 is 1.33 bits per heavy atom. The van der Waals surface area contributed by atoms with Gasteiger partial charge in [0.25, 0.3) is 0 Å². The Morgan fingerprint density at radius 3 is 2.71 bits per heavy atom. The topological polar surface area (TPSA) is 83.7 Å². The number of nitrogens with zero attached hydrogens (tertiary/aromatic N) is 1. The molecule has 0 fully saturated rings. The fourth-order valence-electron chi connectivity index (χ4n) is 2.13. The molecule has 2 N–H and O–H groups in total. The molecule has 0 amide bonds. The first-order valence-corrected chi connectivity index (χ1v) is 8.04. The van der Waals surface area contributed by atoms with E-state index < -0.39 is 6.16 Å². The minimum absolute atomic E-state index is 0.221. The van der Waals surface area contributed by atoms with E-state index in [1.807, 2.05) is 13.8 Å². The molecule has 0 unspecified atom stereocenters. The number of ether oxygens (including phenoxy) is 3. The van der Waals surface area contributed by atoms with E-state index >= 15 is 0 Å². The molecule has 2 aromatic rings. The van der Waals surface area contributed by atoms with E-state index in [9.17, 15) is 4.79 Å². The van der Waals surface area contributed by atoms with Gasteiger partial charge in [0.2, 0.25) is 0 Å². The van der Waals surface area contributed by atoms with Crippen molar-refractivity contribution >= 4 is 28.7 Å². The van der Waals surface area contributed by atoms with Crippen LogP contribution in [0.1, 0.15) is 19.5 Å². The molecular weight excluding hydrogens is 332 g/mol. The van der Waals surface area contributed by atoms with Crippen LogP contribution in [-0.2, 0) is 11.2 Å². The highest BCUT2D eigenvalue weighted by Gasteiger charge is 2.16. The highest BCUT2D eigenvalue weighted by Crippen LogP contribution is 2.36. The zero-order valence-electron chi connectivity index (χ0n) is 14.0. The molecule has 7 heteroatoms. The van der Waals surface area contributed by atoms with Crippen LogP contribution in [0.25, 0.3) is 10.9 Å². The zero-order valence-corrected chi connectivity index (χ0v) is 14.7. The van der Waals surface area contributed by atoms with Crippen molar-refractivity contribution in [3.63, 3.8) is 0 Å². The first-order chi connectivity index (χ1) is 11.5. The SMILES string of the molecule is COc1ccc2c(OC(=O)OCC(C)C)cc(CCN)nc2c1Cl. The lowest BCUT2D eigenvalue weighted by atomic mass is 10.1. The highest BCUT2D eigenvalue weighted by molar-refractivity contribution is 6.36. The van der Waals surface area contributed by atoms with Crippen molar-refractivity contribution in [3.8, 4) is 11.5 Å². The van der Waals surface area contributed by atoms with Crippen molar-refractivity contribution in [3.05, 3.63) is 28.9 Å². The van der Waals surface area contributed by atoms with Crippen LogP contribution in [0.3, 0.4) is 0 Å². The van der Waals surface area contributed by atoms with Crippen LogP contribution < -0.4 is 15.2 Å². The van der Waals surface area contributed by atoms with Gasteiger partial charge in [0.1, 0.15) is 16.5 Å². The predicted molar refractivity (Wildman–Crippen MR) is 92.9 cm³/mol. The van der Waals surface area contributed by atoms with Crippen molar-refractivity contribution in [2.45, 2.75) is 20.3 Å². The van der Waals surface area contributed by atoms with E-state index in [-0.39, 0.29) is 12.5 Å². The standard InChI is InChI=1S/C17H21ClN2O4/c1-10(2)9-23-17(21)24-14-8-11(6-7-19)20-16-12(14)4-5-13(22-3)15(16)18/h4-5,8,10H,6-7,9,19H2,1-3H3. The summed E-state index contributed by atoms with van der Waals surface area (Å²) in [7, 11) is 1.53. The quantitative estimate of drug-likeness (QED) is 0.800. The van der Waals surface area contributed by atoms with E-state index in [1.54, 1.807) is 18.2 Å². The minimum atomic E-state index is -0.762. The first-order valence-electron chi connectivity index (χ1n) is 7.67. The Bertz CT molecular complexity index is 734. The van der Waals surface area contributed by atoms with Gasteiger partial charge in [-0.15, -0.1) is 0 Å². The molecular formula is C17H21ClN2O4. The number of nitrogens with two attached hydrogens (primary N) is 1. The van der Waals surface area contributed by atoms with Crippen LogP contribution in [0.4, 0.5) is 4.79 Å². The van der Waals surface area contributed by atoms with Gasteiger partial charge in [-0.1, -0.05) is 25.4 Å². The Hall–Kier alpha value is -2.05. The Labute approximate surface area is 145 Å². The number of aromatic nitrogens is 1. The maximum Gasteiger partial charge on any atom is 0.513 e. The van der Waals surface area contributed by atoms with Gasteiger partial charge in [-0.05, 0) is 24.6 Å². The number of pyridine rings is 1. The molecule has 24 heavy (non-hydrogen) atoms. The third-order valence-corrected chi connectivity index (χ3v) is 3.61. The molecule has 2 rings (SSSR count). The molecule has 1 heterocycles. The van der Waals surface area contributed by atoms with Gasteiger partial charge in [-0.3, -0.25) is 4.98 Å². The third-order valence-electron chi connectivity index (χ3n) is 3.25. The number of carbonyl (C=O) groups excluding carboxylic acids is 1. The predicted octanol–water partition coefficient (Wildman–Crippen LogP) is 3.57. The monoisotopic (exact) mass is 352 g/mol. The van der Waals surface area contributed by atoms with Crippen LogP contribution in [0.2, 0.25) is 5.02 Å². The number of fused-ring (bicyclic) bond motifs is 1. The average Bonchev–Trinajstić information content (AvgIpc) is 2.54. The molecule has 130 valence electrons. The summed E-state index contributed by atoms with van der Waals surface area (Å²) in [4.78, 5) is 16.4. The molecule has 0 aliphatic carbocycles. The van der Waals surface area contributed by atoms with Gasteiger partial charge in [-0.2, -0.15) is 0 Å². The van der Waals surface area contributed by atoms with Crippen LogP contribution in [-0.4, -0.2) is 31.4 Å². The van der Waals surface area contributed by atoms with Gasteiger partial charge in [-0.25, -0.2) is 4.79 Å². The van der Waals surface area contributed by atoms with E-state index in [1.165, 1.54) is 7.11 Å².